The van der Waals surface area contributed by atoms with E-state index in [0.717, 1.165) is 0 Å². The van der Waals surface area contributed by atoms with Crippen molar-refractivity contribution in [1.82, 2.24) is 15.3 Å². The Morgan fingerprint density at radius 1 is 1.42 bits per heavy atom. The molecule has 0 aliphatic carbocycles. The Balaban J connectivity index is 2.53. The number of nitrogens with zero attached hydrogens (tertiary/aromatic N) is 1. The van der Waals surface area contributed by atoms with Crippen LogP contribution in [0.1, 0.15) is 16.2 Å². The fourth-order valence-corrected chi connectivity index (χ4v) is 1.50. The Labute approximate surface area is 75.7 Å². The first-order valence-corrected chi connectivity index (χ1v) is 4.04. The van der Waals surface area contributed by atoms with Gasteiger partial charge in [-0.05, 0) is 15.9 Å². The van der Waals surface area contributed by atoms with Crippen molar-refractivity contribution in [3.05, 3.63) is 16.1 Å². The lowest BCUT2D eigenvalue weighted by Gasteiger charge is -2.08. The molecule has 0 bridgehead atoms. The molecule has 0 saturated carbocycles. The van der Waals surface area contributed by atoms with Gasteiger partial charge in [0.1, 0.15) is 0 Å². The van der Waals surface area contributed by atoms with Crippen LogP contribution in [-0.2, 0) is 11.2 Å². The Bertz CT molecular complexity index is 371. The highest BCUT2D eigenvalue weighted by Crippen LogP contribution is 2.14. The molecule has 2 N–H and O–H groups in total. The van der Waals surface area contributed by atoms with E-state index in [4.69, 9.17) is 0 Å². The normalized spacial score (nSPS) is 15.8. The number of imide groups is 1. The van der Waals surface area contributed by atoms with Crippen molar-refractivity contribution in [2.24, 2.45) is 0 Å². The van der Waals surface area contributed by atoms with Crippen molar-refractivity contribution in [2.45, 2.75) is 6.42 Å². The van der Waals surface area contributed by atoms with Gasteiger partial charge in [-0.25, -0.2) is 4.98 Å². The van der Waals surface area contributed by atoms with E-state index in [2.05, 4.69) is 31.2 Å². The van der Waals surface area contributed by atoms with Crippen LogP contribution in [-0.4, -0.2) is 21.8 Å². The van der Waals surface area contributed by atoms with E-state index in [9.17, 15) is 9.59 Å². The molecular formula is C6H4BrN3O2. The molecule has 1 aliphatic heterocycles. The van der Waals surface area contributed by atoms with E-state index in [-0.39, 0.29) is 12.3 Å². The predicted octanol–water partition coefficient (Wildman–Crippen LogP) is -0.0153. The monoisotopic (exact) mass is 229 g/mol. The van der Waals surface area contributed by atoms with Crippen LogP contribution in [0.4, 0.5) is 0 Å². The van der Waals surface area contributed by atoms with Gasteiger partial charge in [0.05, 0.1) is 12.1 Å². The van der Waals surface area contributed by atoms with Gasteiger partial charge >= 0.3 is 0 Å². The van der Waals surface area contributed by atoms with Crippen LogP contribution < -0.4 is 5.32 Å². The SMILES string of the molecule is O=C1Cc2[nH]c(Br)nc2C(=O)N1. The highest BCUT2D eigenvalue weighted by molar-refractivity contribution is 9.10. The first-order valence-electron chi connectivity index (χ1n) is 3.25. The maximum absolute atomic E-state index is 11.1. The number of H-pyrrole nitrogens is 1. The number of nitrogens with one attached hydrogen (secondary N) is 2. The molecule has 0 saturated heterocycles. The topological polar surface area (TPSA) is 74.8 Å². The fourth-order valence-electron chi connectivity index (χ4n) is 1.08. The van der Waals surface area contributed by atoms with Crippen LogP contribution >= 0.6 is 15.9 Å². The molecule has 5 nitrogen and oxygen atoms in total. The van der Waals surface area contributed by atoms with Gasteiger partial charge in [0.25, 0.3) is 5.91 Å². The van der Waals surface area contributed by atoms with Gasteiger partial charge in [-0.15, -0.1) is 0 Å². The summed E-state index contributed by atoms with van der Waals surface area (Å²) in [6.07, 6.45) is 0.180. The number of aromatic amines is 1. The average Bonchev–Trinajstić information content (AvgIpc) is 2.29. The zero-order valence-electron chi connectivity index (χ0n) is 5.85. The lowest BCUT2D eigenvalue weighted by Crippen LogP contribution is -2.37. The van der Waals surface area contributed by atoms with Crippen LogP contribution in [0.25, 0.3) is 0 Å². The number of hydrogen-bond donors (Lipinski definition) is 2. The number of halogens is 1. The first kappa shape index (κ1) is 7.48. The van der Waals surface area contributed by atoms with Gasteiger partial charge in [-0.2, -0.15) is 0 Å². The molecule has 0 aromatic carbocycles. The van der Waals surface area contributed by atoms with E-state index < -0.39 is 5.91 Å². The summed E-state index contributed by atoms with van der Waals surface area (Å²) in [6.45, 7) is 0. The van der Waals surface area contributed by atoms with Gasteiger partial charge in [0.2, 0.25) is 5.91 Å². The molecule has 0 fully saturated rings. The second-order valence-corrected chi connectivity index (χ2v) is 3.16. The lowest BCUT2D eigenvalue weighted by atomic mass is 10.2. The minimum absolute atomic E-state index is 0.180. The summed E-state index contributed by atoms with van der Waals surface area (Å²) in [5.41, 5.74) is 0.858. The molecule has 0 atom stereocenters. The molecule has 1 aliphatic rings. The summed E-state index contributed by atoms with van der Waals surface area (Å²) in [4.78, 5) is 28.6. The number of hydrogen-bond acceptors (Lipinski definition) is 3. The van der Waals surface area contributed by atoms with E-state index in [1.165, 1.54) is 0 Å². The number of aromatic nitrogens is 2. The molecule has 0 spiro atoms. The zero-order valence-corrected chi connectivity index (χ0v) is 7.43. The molecule has 1 aromatic heterocycles. The Morgan fingerprint density at radius 3 is 2.92 bits per heavy atom. The lowest BCUT2D eigenvalue weighted by molar-refractivity contribution is -0.119. The van der Waals surface area contributed by atoms with E-state index in [1.54, 1.807) is 0 Å². The van der Waals surface area contributed by atoms with Crippen LogP contribution in [0.5, 0.6) is 0 Å². The number of carbonyl (C=O) groups excluding carboxylic acids is 2. The van der Waals surface area contributed by atoms with Crippen molar-refractivity contribution in [3.8, 4) is 0 Å². The predicted molar refractivity (Wildman–Crippen MR) is 42.5 cm³/mol. The molecule has 62 valence electrons. The highest BCUT2D eigenvalue weighted by atomic mass is 79.9. The quantitative estimate of drug-likeness (QED) is 0.615. The van der Waals surface area contributed by atoms with Crippen molar-refractivity contribution in [3.63, 3.8) is 0 Å². The van der Waals surface area contributed by atoms with Crippen molar-refractivity contribution < 1.29 is 9.59 Å². The van der Waals surface area contributed by atoms with Crippen molar-refractivity contribution >= 4 is 27.7 Å². The fraction of sp³-hybridized carbons (Fsp3) is 0.167. The van der Waals surface area contributed by atoms with Crippen molar-refractivity contribution in [2.75, 3.05) is 0 Å². The third-order valence-corrected chi connectivity index (χ3v) is 1.93. The molecule has 1 aromatic rings. The zero-order chi connectivity index (χ0) is 8.72. The maximum Gasteiger partial charge on any atom is 0.278 e. The van der Waals surface area contributed by atoms with Crippen LogP contribution in [0.2, 0.25) is 0 Å². The van der Waals surface area contributed by atoms with Gasteiger partial charge in [0, 0.05) is 0 Å². The van der Waals surface area contributed by atoms with E-state index >= 15 is 0 Å². The standard InChI is InChI=1S/C6H4BrN3O2/c7-6-8-2-1-3(11)9-5(12)4(2)10-6/h1H2,(H,8,10)(H,9,11,12). The molecule has 2 rings (SSSR count). The third kappa shape index (κ3) is 1.04. The number of carbonyl (C=O) groups is 2. The number of imidazole rings is 1. The van der Waals surface area contributed by atoms with E-state index in [1.807, 2.05) is 0 Å². The maximum atomic E-state index is 11.1. The molecule has 0 unspecified atom stereocenters. The average molecular weight is 230 g/mol. The van der Waals surface area contributed by atoms with Crippen LogP contribution in [0.3, 0.4) is 0 Å². The molecule has 2 amide bonds. The smallest absolute Gasteiger partial charge is 0.278 e. The first-order chi connectivity index (χ1) is 5.66. The van der Waals surface area contributed by atoms with Gasteiger partial charge in [-0.1, -0.05) is 0 Å². The molecule has 0 radical (unpaired) electrons. The number of rotatable bonds is 0. The minimum atomic E-state index is -0.441. The number of fused-ring (bicyclic) bond motifs is 1. The van der Waals surface area contributed by atoms with Gasteiger partial charge < -0.3 is 4.98 Å². The van der Waals surface area contributed by atoms with Crippen LogP contribution in [0, 0.1) is 0 Å². The minimum Gasteiger partial charge on any atom is -0.335 e. The van der Waals surface area contributed by atoms with Gasteiger partial charge in [0.15, 0.2) is 10.4 Å². The molecule has 6 heteroatoms. The summed E-state index contributed by atoms with van der Waals surface area (Å²) in [7, 11) is 0. The molecule has 12 heavy (non-hydrogen) atoms. The molecular weight excluding hydrogens is 226 g/mol. The Morgan fingerprint density at radius 2 is 2.17 bits per heavy atom. The summed E-state index contributed by atoms with van der Waals surface area (Å²) in [6, 6.07) is 0. The third-order valence-electron chi connectivity index (χ3n) is 1.56. The van der Waals surface area contributed by atoms with Crippen LogP contribution in [0.15, 0.2) is 4.73 Å². The largest absolute Gasteiger partial charge is 0.335 e. The number of amides is 2. The Kier molecular flexibility index (Phi) is 1.50. The second-order valence-electron chi connectivity index (χ2n) is 2.41. The Hall–Kier alpha value is -1.17. The van der Waals surface area contributed by atoms with E-state index in [0.29, 0.717) is 16.1 Å². The summed E-state index contributed by atoms with van der Waals surface area (Å²) >= 11 is 3.08. The second kappa shape index (κ2) is 2.41. The molecule has 2 heterocycles. The summed E-state index contributed by atoms with van der Waals surface area (Å²) in [5.74, 6) is -0.744. The van der Waals surface area contributed by atoms with Crippen molar-refractivity contribution in [1.29, 1.82) is 0 Å². The highest BCUT2D eigenvalue weighted by Gasteiger charge is 2.25. The van der Waals surface area contributed by atoms with Gasteiger partial charge in [-0.3, -0.25) is 14.9 Å². The summed E-state index contributed by atoms with van der Waals surface area (Å²) in [5, 5.41) is 2.17. The summed E-state index contributed by atoms with van der Waals surface area (Å²) < 4.78 is 0.470.